The van der Waals surface area contributed by atoms with Crippen LogP contribution < -0.4 is 0 Å². The molecule has 1 atom stereocenters. The molecule has 3 aromatic carbocycles. The lowest BCUT2D eigenvalue weighted by molar-refractivity contribution is 0.394. The average Bonchev–Trinajstić information content (AvgIpc) is 2.59. The molecule has 0 aliphatic heterocycles. The maximum atomic E-state index is 12.9. The van der Waals surface area contributed by atoms with E-state index >= 15 is 0 Å². The minimum Gasteiger partial charge on any atom is -0.504 e. The highest BCUT2D eigenvalue weighted by molar-refractivity contribution is 7.87. The van der Waals surface area contributed by atoms with Crippen molar-refractivity contribution in [3.8, 4) is 11.5 Å². The highest BCUT2D eigenvalue weighted by Crippen LogP contribution is 2.51. The van der Waals surface area contributed by atoms with Crippen LogP contribution in [0, 0.1) is 0 Å². The van der Waals surface area contributed by atoms with Crippen LogP contribution in [0.25, 0.3) is 0 Å². The Morgan fingerprint density at radius 1 is 0.690 bits per heavy atom. The van der Waals surface area contributed by atoms with Gasteiger partial charge in [0.2, 0.25) is 0 Å². The van der Waals surface area contributed by atoms with Crippen LogP contribution in [0.15, 0.2) is 54.6 Å². The van der Waals surface area contributed by atoms with Crippen molar-refractivity contribution in [1.82, 2.24) is 0 Å². The molecule has 1 unspecified atom stereocenters. The number of hydrogen-bond acceptors (Lipinski definition) is 4. The maximum Gasteiger partial charge on any atom is 0.283 e. The Labute approximate surface area is 186 Å². The second kappa shape index (κ2) is 7.87. The molecule has 0 spiro atoms. The topological polar surface area (TPSA) is 94.8 Å². The van der Waals surface area contributed by atoms with E-state index in [1.165, 1.54) is 42.5 Å². The lowest BCUT2D eigenvalue weighted by Crippen LogP contribution is -2.38. The van der Waals surface area contributed by atoms with Crippen LogP contribution in [0.3, 0.4) is 0 Å². The van der Waals surface area contributed by atoms with Gasteiger partial charge in [-0.3, -0.25) is 4.55 Å². The van der Waals surface area contributed by atoms with Crippen LogP contribution in [0.2, 0.25) is 20.1 Å². The van der Waals surface area contributed by atoms with Crippen molar-refractivity contribution in [1.29, 1.82) is 0 Å². The van der Waals surface area contributed by atoms with E-state index < -0.39 is 31.9 Å². The number of halogens is 4. The van der Waals surface area contributed by atoms with E-state index in [2.05, 4.69) is 0 Å². The first-order valence-electron chi connectivity index (χ1n) is 7.88. The zero-order valence-electron chi connectivity index (χ0n) is 14.3. The molecule has 29 heavy (non-hydrogen) atoms. The summed E-state index contributed by atoms with van der Waals surface area (Å²) in [6, 6.07) is 11.6. The minimum atomic E-state index is -5.08. The van der Waals surface area contributed by atoms with Gasteiger partial charge in [-0.25, -0.2) is 0 Å². The fraction of sp³-hybridized carbons (Fsp3) is 0.0526. The third-order valence-electron chi connectivity index (χ3n) is 4.34. The largest absolute Gasteiger partial charge is 0.504 e. The molecule has 152 valence electrons. The summed E-state index contributed by atoms with van der Waals surface area (Å²) in [4.78, 5) is 0. The molecule has 0 aromatic heterocycles. The van der Waals surface area contributed by atoms with E-state index in [-0.39, 0.29) is 26.2 Å². The first-order valence-corrected chi connectivity index (χ1v) is 10.8. The average molecular weight is 494 g/mol. The molecule has 10 heteroatoms. The van der Waals surface area contributed by atoms with Crippen LogP contribution in [0.5, 0.6) is 11.5 Å². The van der Waals surface area contributed by atoms with Gasteiger partial charge in [0, 0.05) is 31.7 Å². The molecule has 0 bridgehead atoms. The van der Waals surface area contributed by atoms with Crippen molar-refractivity contribution < 1.29 is 23.2 Å². The fourth-order valence-corrected chi connectivity index (χ4v) is 5.36. The van der Waals surface area contributed by atoms with E-state index in [1.54, 1.807) is 0 Å². The summed E-state index contributed by atoms with van der Waals surface area (Å²) in [7, 11) is -5.08. The summed E-state index contributed by atoms with van der Waals surface area (Å²) < 4.78 is 33.9. The molecule has 0 radical (unpaired) electrons. The van der Waals surface area contributed by atoms with E-state index in [1.807, 2.05) is 0 Å². The predicted octanol–water partition coefficient (Wildman–Crippen LogP) is 5.89. The van der Waals surface area contributed by atoms with Gasteiger partial charge in [-0.2, -0.15) is 8.42 Å². The van der Waals surface area contributed by atoms with Gasteiger partial charge in [-0.05, 0) is 47.5 Å². The zero-order valence-corrected chi connectivity index (χ0v) is 18.1. The van der Waals surface area contributed by atoms with Crippen molar-refractivity contribution >= 4 is 56.5 Å². The Bertz CT molecular complexity index is 1180. The molecule has 0 aliphatic carbocycles. The molecule has 5 nitrogen and oxygen atoms in total. The highest BCUT2D eigenvalue weighted by atomic mass is 35.5. The Morgan fingerprint density at radius 3 is 1.72 bits per heavy atom. The number of phenols is 2. The van der Waals surface area contributed by atoms with Crippen LogP contribution >= 0.6 is 46.4 Å². The number of benzene rings is 3. The first kappa shape index (κ1) is 22.0. The molecule has 0 fully saturated rings. The maximum absolute atomic E-state index is 12.9. The molecular weight excluding hydrogens is 482 g/mol. The molecule has 0 heterocycles. The molecule has 3 aromatic rings. The van der Waals surface area contributed by atoms with Gasteiger partial charge in [-0.1, -0.05) is 58.5 Å². The molecule has 0 amide bonds. The lowest BCUT2D eigenvalue weighted by Gasteiger charge is -2.33. The van der Waals surface area contributed by atoms with E-state index in [0.717, 1.165) is 12.1 Å². The first-order chi connectivity index (χ1) is 13.5. The molecule has 0 saturated carbocycles. The smallest absolute Gasteiger partial charge is 0.283 e. The molecular formula is C19H12Cl4O5S. The van der Waals surface area contributed by atoms with E-state index in [0.29, 0.717) is 5.02 Å². The van der Waals surface area contributed by atoms with Gasteiger partial charge in [0.1, 0.15) is 0 Å². The SMILES string of the molecule is O=S(=O)(O)C(c1ccc(Cl)cc1)(c1cc(Cl)cc(Cl)c1)c1cc(Cl)cc(O)c1O. The molecule has 0 saturated heterocycles. The van der Waals surface area contributed by atoms with Gasteiger partial charge < -0.3 is 10.2 Å². The van der Waals surface area contributed by atoms with Crippen LogP contribution in [-0.2, 0) is 14.9 Å². The van der Waals surface area contributed by atoms with Crippen LogP contribution in [0.4, 0.5) is 0 Å². The molecule has 0 aliphatic rings. The fourth-order valence-electron chi connectivity index (χ4n) is 3.21. The van der Waals surface area contributed by atoms with Gasteiger partial charge in [-0.15, -0.1) is 0 Å². The summed E-state index contributed by atoms with van der Waals surface area (Å²) in [5, 5.41) is 21.0. The summed E-state index contributed by atoms with van der Waals surface area (Å²) in [5.41, 5.74) is -0.484. The molecule has 3 N–H and O–H groups in total. The normalized spacial score (nSPS) is 13.8. The highest BCUT2D eigenvalue weighted by Gasteiger charge is 2.51. The van der Waals surface area contributed by atoms with Crippen molar-refractivity contribution in [3.63, 3.8) is 0 Å². The van der Waals surface area contributed by atoms with Crippen molar-refractivity contribution in [2.75, 3.05) is 0 Å². The third-order valence-corrected chi connectivity index (χ3v) is 6.71. The van der Waals surface area contributed by atoms with Gasteiger partial charge in [0.25, 0.3) is 10.1 Å². The lowest BCUT2D eigenvalue weighted by atomic mass is 9.83. The predicted molar refractivity (Wildman–Crippen MR) is 114 cm³/mol. The third kappa shape index (κ3) is 3.89. The summed E-state index contributed by atoms with van der Waals surface area (Å²) >= 11 is 24.1. The minimum absolute atomic E-state index is 0.000278. The van der Waals surface area contributed by atoms with Crippen LogP contribution in [-0.4, -0.2) is 23.2 Å². The second-order valence-corrected chi connectivity index (χ2v) is 9.45. The Morgan fingerprint density at radius 2 is 1.21 bits per heavy atom. The Balaban J connectivity index is 2.60. The van der Waals surface area contributed by atoms with E-state index in [4.69, 9.17) is 46.4 Å². The van der Waals surface area contributed by atoms with Crippen LogP contribution in [0.1, 0.15) is 16.7 Å². The van der Waals surface area contributed by atoms with Crippen molar-refractivity contribution in [2.45, 2.75) is 4.75 Å². The number of aromatic hydroxyl groups is 2. The summed E-state index contributed by atoms with van der Waals surface area (Å²) in [6.07, 6.45) is 0. The Hall–Kier alpha value is -1.67. The Kier molecular flexibility index (Phi) is 5.98. The zero-order chi connectivity index (χ0) is 21.6. The quantitative estimate of drug-likeness (QED) is 0.239. The van der Waals surface area contributed by atoms with E-state index in [9.17, 15) is 23.2 Å². The van der Waals surface area contributed by atoms with Gasteiger partial charge in [0.05, 0.1) is 0 Å². The van der Waals surface area contributed by atoms with Gasteiger partial charge >= 0.3 is 0 Å². The van der Waals surface area contributed by atoms with Crippen molar-refractivity contribution in [3.05, 3.63) is 91.4 Å². The summed E-state index contributed by atoms with van der Waals surface area (Å²) in [6.45, 7) is 0. The number of hydrogen-bond donors (Lipinski definition) is 3. The second-order valence-electron chi connectivity index (χ2n) is 6.14. The van der Waals surface area contributed by atoms with Crippen molar-refractivity contribution in [2.24, 2.45) is 0 Å². The summed E-state index contributed by atoms with van der Waals surface area (Å²) in [5.74, 6) is -1.47. The number of phenolic OH excluding ortho intramolecular Hbond substituents is 2. The number of rotatable bonds is 4. The monoisotopic (exact) mass is 492 g/mol. The molecule has 3 rings (SSSR count). The van der Waals surface area contributed by atoms with Gasteiger partial charge in [0.15, 0.2) is 16.2 Å². The standard InChI is InChI=1S/C19H12Cl4O5S/c20-12-3-1-10(2-4-12)19(29(26,27)28,11-5-13(21)7-14(22)6-11)16-8-15(23)9-17(24)18(16)25/h1-9,24-25H,(H,26,27,28).